The summed E-state index contributed by atoms with van der Waals surface area (Å²) < 4.78 is 22.2. The Balaban J connectivity index is 1.66. The molecule has 0 unspecified atom stereocenters. The molecule has 1 saturated heterocycles. The molecule has 3 aromatic rings. The molecule has 1 aliphatic heterocycles. The van der Waals surface area contributed by atoms with Gasteiger partial charge >= 0.3 is 7.60 Å². The van der Waals surface area contributed by atoms with Crippen molar-refractivity contribution >= 4 is 36.5 Å². The van der Waals surface area contributed by atoms with Crippen LogP contribution in [0.3, 0.4) is 0 Å². The highest BCUT2D eigenvalue weighted by molar-refractivity contribution is 7.51. The van der Waals surface area contributed by atoms with Crippen LogP contribution in [0, 0.1) is 5.92 Å². The lowest BCUT2D eigenvalue weighted by atomic mass is 9.94. The van der Waals surface area contributed by atoms with Gasteiger partial charge in [-0.25, -0.2) is 9.97 Å². The summed E-state index contributed by atoms with van der Waals surface area (Å²) in [6, 6.07) is 7.59. The van der Waals surface area contributed by atoms with Gasteiger partial charge in [0.2, 0.25) is 0 Å². The normalized spacial score (nSPS) is 15.2. The van der Waals surface area contributed by atoms with E-state index in [0.29, 0.717) is 23.7 Å². The van der Waals surface area contributed by atoms with Crippen LogP contribution in [0.15, 0.2) is 36.7 Å². The number of methoxy groups -OCH3 is 2. The number of hydrogen-bond donors (Lipinski definition) is 2. The number of fused-ring (bicyclic) bond motifs is 1. The third kappa shape index (κ3) is 5.91. The van der Waals surface area contributed by atoms with Crippen molar-refractivity contribution in [3.05, 3.63) is 48.0 Å². The van der Waals surface area contributed by atoms with Gasteiger partial charge in [0, 0.05) is 36.9 Å². The minimum atomic E-state index is -3.97. The number of benzene rings is 1. The van der Waals surface area contributed by atoms with Gasteiger partial charge < -0.3 is 24.2 Å². The van der Waals surface area contributed by atoms with Gasteiger partial charge in [-0.05, 0) is 55.0 Å². The van der Waals surface area contributed by atoms with Gasteiger partial charge in [-0.2, -0.15) is 0 Å². The average molecular weight is 484 g/mol. The van der Waals surface area contributed by atoms with Crippen molar-refractivity contribution in [3.63, 3.8) is 0 Å². The van der Waals surface area contributed by atoms with Crippen LogP contribution in [-0.4, -0.2) is 58.2 Å². The molecule has 0 aliphatic carbocycles. The summed E-state index contributed by atoms with van der Waals surface area (Å²) in [6.45, 7) is 1.50. The summed E-state index contributed by atoms with van der Waals surface area (Å²) in [5.74, 6) is 2.87. The van der Waals surface area contributed by atoms with Gasteiger partial charge in [0.15, 0.2) is 17.3 Å². The summed E-state index contributed by atoms with van der Waals surface area (Å²) in [4.78, 5) is 34.4. The summed E-state index contributed by atoms with van der Waals surface area (Å²) >= 11 is 0. The van der Waals surface area contributed by atoms with Gasteiger partial charge in [-0.15, -0.1) is 0 Å². The van der Waals surface area contributed by atoms with Gasteiger partial charge in [0.05, 0.1) is 25.9 Å². The Labute approximate surface area is 198 Å². The number of ether oxygens (including phenoxy) is 2. The van der Waals surface area contributed by atoms with Crippen molar-refractivity contribution in [1.82, 2.24) is 15.0 Å². The molecule has 1 fully saturated rings. The highest BCUT2D eigenvalue weighted by atomic mass is 31.2. The second-order valence-electron chi connectivity index (χ2n) is 8.36. The lowest BCUT2D eigenvalue weighted by Gasteiger charge is -2.33. The lowest BCUT2D eigenvalue weighted by molar-refractivity contribution is 0.350. The van der Waals surface area contributed by atoms with Crippen LogP contribution in [0.4, 0.5) is 5.82 Å². The summed E-state index contributed by atoms with van der Waals surface area (Å²) in [5.41, 5.74) is 1.70. The van der Waals surface area contributed by atoms with Gasteiger partial charge in [-0.3, -0.25) is 9.55 Å². The molecule has 0 amide bonds. The molecule has 1 aliphatic rings. The zero-order valence-electron chi connectivity index (χ0n) is 19.3. The minimum absolute atomic E-state index is 0.0611. The Morgan fingerprint density at radius 3 is 2.50 bits per heavy atom. The molecular formula is C24H29N4O5P. The van der Waals surface area contributed by atoms with E-state index in [-0.39, 0.29) is 12.1 Å². The molecule has 0 saturated carbocycles. The van der Waals surface area contributed by atoms with Gasteiger partial charge in [0.1, 0.15) is 5.82 Å². The molecule has 0 spiro atoms. The van der Waals surface area contributed by atoms with Crippen LogP contribution in [0.1, 0.15) is 30.7 Å². The highest BCUT2D eigenvalue weighted by Crippen LogP contribution is 2.39. The number of pyridine rings is 1. The Bertz CT molecular complexity index is 1210. The topological polar surface area (TPSA) is 118 Å². The fourth-order valence-electron chi connectivity index (χ4n) is 4.20. The largest absolute Gasteiger partial charge is 0.493 e. The van der Waals surface area contributed by atoms with E-state index in [4.69, 9.17) is 19.4 Å². The molecule has 0 radical (unpaired) electrons. The molecule has 2 N–H and O–H groups in total. The second kappa shape index (κ2) is 10.5. The predicted octanol–water partition coefficient (Wildman–Crippen LogP) is 4.00. The molecule has 9 nitrogen and oxygen atoms in total. The quantitative estimate of drug-likeness (QED) is 0.458. The third-order valence-electron chi connectivity index (χ3n) is 6.05. The first kappa shape index (κ1) is 24.1. The Kier molecular flexibility index (Phi) is 7.46. The van der Waals surface area contributed by atoms with Crippen molar-refractivity contribution in [2.24, 2.45) is 5.92 Å². The maximum atomic E-state index is 11.3. The first-order valence-electron chi connectivity index (χ1n) is 11.2. The van der Waals surface area contributed by atoms with E-state index in [9.17, 15) is 14.4 Å². The van der Waals surface area contributed by atoms with Crippen molar-refractivity contribution in [2.45, 2.75) is 19.3 Å². The number of anilines is 1. The maximum absolute atomic E-state index is 11.3. The maximum Gasteiger partial charge on any atom is 0.325 e. The van der Waals surface area contributed by atoms with E-state index in [1.54, 1.807) is 26.6 Å². The smallest absolute Gasteiger partial charge is 0.325 e. The van der Waals surface area contributed by atoms with Crippen molar-refractivity contribution in [2.75, 3.05) is 38.4 Å². The minimum Gasteiger partial charge on any atom is -0.493 e. The zero-order chi connectivity index (χ0) is 24.1. The summed E-state index contributed by atoms with van der Waals surface area (Å²) in [5, 5.41) is 0.866. The first-order chi connectivity index (χ1) is 16.4. The van der Waals surface area contributed by atoms with Crippen LogP contribution in [0.25, 0.3) is 23.1 Å². The van der Waals surface area contributed by atoms with E-state index in [1.807, 2.05) is 36.4 Å². The Morgan fingerprint density at radius 1 is 1.12 bits per heavy atom. The highest BCUT2D eigenvalue weighted by Gasteiger charge is 2.25. The molecule has 0 bridgehead atoms. The van der Waals surface area contributed by atoms with Crippen LogP contribution < -0.4 is 14.4 Å². The molecule has 3 heterocycles. The van der Waals surface area contributed by atoms with Crippen molar-refractivity contribution in [3.8, 4) is 11.5 Å². The number of aromatic nitrogens is 3. The second-order valence-corrected chi connectivity index (χ2v) is 10.1. The summed E-state index contributed by atoms with van der Waals surface area (Å²) in [7, 11) is -0.773. The molecule has 1 aromatic carbocycles. The van der Waals surface area contributed by atoms with Crippen molar-refractivity contribution in [1.29, 1.82) is 0 Å². The van der Waals surface area contributed by atoms with Gasteiger partial charge in [0.25, 0.3) is 0 Å². The number of piperidine rings is 1. The molecule has 34 heavy (non-hydrogen) atoms. The standard InChI is InChI=1S/C24H29N4O5P/c1-32-21-14-19-20(15-22(21)33-2)26-23(6-5-18-4-3-10-25-16-18)27-24(19)28-11-7-17(8-12-28)9-13-34(29,30)31/h3-6,10,14-17H,7-9,11-13H2,1-2H3,(H2,29,30,31)/b6-5+. The van der Waals surface area contributed by atoms with Crippen molar-refractivity contribution < 1.29 is 23.8 Å². The summed E-state index contributed by atoms with van der Waals surface area (Å²) in [6.07, 6.45) is 9.46. The molecule has 10 heteroatoms. The molecule has 0 atom stereocenters. The SMILES string of the molecule is COc1cc2nc(/C=C/c3cccnc3)nc(N3CCC(CCP(=O)(O)O)CC3)c2cc1OC. The van der Waals surface area contributed by atoms with E-state index in [2.05, 4.69) is 9.88 Å². The average Bonchev–Trinajstić information content (AvgIpc) is 2.85. The van der Waals surface area contributed by atoms with E-state index >= 15 is 0 Å². The Morgan fingerprint density at radius 2 is 1.85 bits per heavy atom. The monoisotopic (exact) mass is 484 g/mol. The third-order valence-corrected chi connectivity index (χ3v) is 6.89. The number of rotatable bonds is 8. The molecular weight excluding hydrogens is 455 g/mol. The van der Waals surface area contributed by atoms with Crippen LogP contribution in [0.5, 0.6) is 11.5 Å². The van der Waals surface area contributed by atoms with Crippen LogP contribution in [0.2, 0.25) is 0 Å². The molecule has 180 valence electrons. The Hall–Kier alpha value is -3.00. The zero-order valence-corrected chi connectivity index (χ0v) is 20.2. The first-order valence-corrected chi connectivity index (χ1v) is 13.0. The van der Waals surface area contributed by atoms with Crippen LogP contribution >= 0.6 is 7.60 Å². The van der Waals surface area contributed by atoms with E-state index in [1.165, 1.54) is 0 Å². The lowest BCUT2D eigenvalue weighted by Crippen LogP contribution is -2.34. The van der Waals surface area contributed by atoms with E-state index in [0.717, 1.165) is 48.2 Å². The van der Waals surface area contributed by atoms with E-state index < -0.39 is 7.60 Å². The molecule has 2 aromatic heterocycles. The fraction of sp³-hybridized carbons (Fsp3) is 0.375. The number of nitrogens with zero attached hydrogens (tertiary/aromatic N) is 4. The predicted molar refractivity (Wildman–Crippen MR) is 132 cm³/mol. The fourth-order valence-corrected chi connectivity index (χ4v) is 4.90. The number of hydrogen-bond acceptors (Lipinski definition) is 7. The van der Waals surface area contributed by atoms with Crippen LogP contribution in [-0.2, 0) is 4.57 Å². The van der Waals surface area contributed by atoms with Gasteiger partial charge in [-0.1, -0.05) is 6.07 Å². The molecule has 4 rings (SSSR count).